The van der Waals surface area contributed by atoms with Crippen LogP contribution in [0.4, 0.5) is 0 Å². The van der Waals surface area contributed by atoms with Crippen molar-refractivity contribution in [1.82, 2.24) is 9.55 Å². The Morgan fingerprint density at radius 1 is 1.36 bits per heavy atom. The molecule has 3 heterocycles. The maximum Gasteiger partial charge on any atom is 0.165 e. The van der Waals surface area contributed by atoms with Crippen LogP contribution in [-0.4, -0.2) is 26.9 Å². The van der Waals surface area contributed by atoms with Crippen LogP contribution >= 0.6 is 23.1 Å². The number of thiazole rings is 1. The number of thioether (sulfide) groups is 1. The lowest BCUT2D eigenvalue weighted by Crippen LogP contribution is -2.25. The summed E-state index contributed by atoms with van der Waals surface area (Å²) < 4.78 is 15.3. The van der Waals surface area contributed by atoms with Crippen molar-refractivity contribution in [2.75, 3.05) is 0 Å². The zero-order chi connectivity index (χ0) is 17.4. The largest absolute Gasteiger partial charge is 0.343 e. The maximum absolute atomic E-state index is 9.39. The number of hydrogen-bond acceptors (Lipinski definition) is 6. The lowest BCUT2D eigenvalue weighted by Gasteiger charge is -2.17. The van der Waals surface area contributed by atoms with Gasteiger partial charge < -0.3 is 14.0 Å². The highest BCUT2D eigenvalue weighted by Crippen LogP contribution is 2.39. The van der Waals surface area contributed by atoms with E-state index in [9.17, 15) is 5.26 Å². The SMILES string of the molecule is CC1(C)O[C@@H](Cn2cc(C#N)c3ccccc32)[C@H](Sc2nccs2)O1. The normalized spacial score (nSPS) is 22.3. The van der Waals surface area contributed by atoms with E-state index >= 15 is 0 Å². The van der Waals surface area contributed by atoms with Crippen LogP contribution in [0.5, 0.6) is 0 Å². The van der Waals surface area contributed by atoms with E-state index in [2.05, 4.69) is 15.6 Å². The summed E-state index contributed by atoms with van der Waals surface area (Å²) in [5.41, 5.74) is 1.57. The fourth-order valence-electron chi connectivity index (χ4n) is 3.08. The Bertz CT molecular complexity index is 928. The van der Waals surface area contributed by atoms with E-state index in [1.807, 2.05) is 49.7 Å². The summed E-state index contributed by atoms with van der Waals surface area (Å²) >= 11 is 3.18. The third-order valence-corrected chi connectivity index (χ3v) is 6.13. The number of nitrogens with zero attached hydrogens (tertiary/aromatic N) is 3. The quantitative estimate of drug-likeness (QED) is 0.686. The van der Waals surface area contributed by atoms with Gasteiger partial charge in [-0.05, 0) is 19.9 Å². The maximum atomic E-state index is 9.39. The minimum absolute atomic E-state index is 0.133. The van der Waals surface area contributed by atoms with Gasteiger partial charge in [0, 0.05) is 28.7 Å². The van der Waals surface area contributed by atoms with Crippen molar-refractivity contribution in [1.29, 1.82) is 5.26 Å². The summed E-state index contributed by atoms with van der Waals surface area (Å²) in [6, 6.07) is 10.2. The highest BCUT2D eigenvalue weighted by atomic mass is 32.2. The molecule has 1 saturated heterocycles. The molecule has 0 spiro atoms. The van der Waals surface area contributed by atoms with Gasteiger partial charge in [0.2, 0.25) is 0 Å². The van der Waals surface area contributed by atoms with Gasteiger partial charge >= 0.3 is 0 Å². The first kappa shape index (κ1) is 16.6. The number of para-hydroxylation sites is 1. The first-order valence-corrected chi connectivity index (χ1v) is 9.71. The van der Waals surface area contributed by atoms with Gasteiger partial charge in [-0.15, -0.1) is 11.3 Å². The predicted octanol–water partition coefficient (Wildman–Crippen LogP) is 4.24. The van der Waals surface area contributed by atoms with Crippen LogP contribution in [0.2, 0.25) is 0 Å². The van der Waals surface area contributed by atoms with Gasteiger partial charge in [0.1, 0.15) is 17.6 Å². The Morgan fingerprint density at radius 3 is 2.96 bits per heavy atom. The molecule has 0 amide bonds. The van der Waals surface area contributed by atoms with Gasteiger partial charge in [0.25, 0.3) is 0 Å². The summed E-state index contributed by atoms with van der Waals surface area (Å²) in [7, 11) is 0. The summed E-state index contributed by atoms with van der Waals surface area (Å²) in [6.07, 6.45) is 3.55. The van der Waals surface area contributed by atoms with E-state index in [4.69, 9.17) is 9.47 Å². The molecule has 2 atom stereocenters. The molecule has 0 saturated carbocycles. The molecule has 1 aliphatic rings. The predicted molar refractivity (Wildman–Crippen MR) is 98.4 cm³/mol. The smallest absolute Gasteiger partial charge is 0.165 e. The molecular weight excluding hydrogens is 354 g/mol. The second-order valence-electron chi connectivity index (χ2n) is 6.28. The van der Waals surface area contributed by atoms with E-state index in [1.165, 1.54) is 0 Å². The highest BCUT2D eigenvalue weighted by molar-refractivity contribution is 8.01. The lowest BCUT2D eigenvalue weighted by molar-refractivity contribution is -0.141. The fourth-order valence-corrected chi connectivity index (χ4v) is 5.00. The summed E-state index contributed by atoms with van der Waals surface area (Å²) in [5.74, 6) is -0.638. The fraction of sp³-hybridized carbons (Fsp3) is 0.333. The van der Waals surface area contributed by atoms with Crippen molar-refractivity contribution in [3.8, 4) is 6.07 Å². The van der Waals surface area contributed by atoms with Crippen molar-refractivity contribution < 1.29 is 9.47 Å². The average Bonchev–Trinajstić information content (AvgIpc) is 3.27. The minimum atomic E-state index is -0.638. The van der Waals surface area contributed by atoms with Gasteiger partial charge in [0.15, 0.2) is 10.1 Å². The number of rotatable bonds is 4. The molecular formula is C18H17N3O2S2. The van der Waals surface area contributed by atoms with Crippen LogP contribution in [0.25, 0.3) is 10.9 Å². The van der Waals surface area contributed by atoms with E-state index in [1.54, 1.807) is 29.3 Å². The van der Waals surface area contributed by atoms with E-state index in [0.717, 1.165) is 15.2 Å². The van der Waals surface area contributed by atoms with Gasteiger partial charge in [-0.2, -0.15) is 5.26 Å². The van der Waals surface area contributed by atoms with Crippen LogP contribution < -0.4 is 0 Å². The Balaban J connectivity index is 1.63. The molecule has 25 heavy (non-hydrogen) atoms. The summed E-state index contributed by atoms with van der Waals surface area (Å²) in [5, 5.41) is 12.3. The molecule has 3 aromatic rings. The third-order valence-electron chi connectivity index (χ3n) is 4.05. The Kier molecular flexibility index (Phi) is 4.29. The molecule has 1 aliphatic heterocycles. The molecule has 1 fully saturated rings. The average molecular weight is 371 g/mol. The monoisotopic (exact) mass is 371 g/mol. The van der Waals surface area contributed by atoms with E-state index in [-0.39, 0.29) is 11.5 Å². The molecule has 5 nitrogen and oxygen atoms in total. The van der Waals surface area contributed by atoms with Gasteiger partial charge in [-0.1, -0.05) is 30.0 Å². The molecule has 1 aromatic carbocycles. The van der Waals surface area contributed by atoms with Crippen molar-refractivity contribution in [3.05, 3.63) is 47.6 Å². The van der Waals surface area contributed by atoms with Crippen LogP contribution in [0.15, 0.2) is 46.4 Å². The molecule has 128 valence electrons. The summed E-state index contributed by atoms with van der Waals surface area (Å²) in [4.78, 5) is 4.33. The van der Waals surface area contributed by atoms with Crippen LogP contribution in [-0.2, 0) is 16.0 Å². The van der Waals surface area contributed by atoms with Gasteiger partial charge in [-0.25, -0.2) is 4.98 Å². The zero-order valence-electron chi connectivity index (χ0n) is 13.9. The highest BCUT2D eigenvalue weighted by Gasteiger charge is 2.42. The van der Waals surface area contributed by atoms with Crippen molar-refractivity contribution in [2.24, 2.45) is 0 Å². The van der Waals surface area contributed by atoms with E-state index < -0.39 is 5.79 Å². The number of aromatic nitrogens is 2. The number of nitriles is 1. The first-order valence-electron chi connectivity index (χ1n) is 7.95. The molecule has 0 aliphatic carbocycles. The second-order valence-corrected chi connectivity index (χ2v) is 8.52. The Labute approximate surface area is 154 Å². The van der Waals surface area contributed by atoms with Crippen molar-refractivity contribution in [2.45, 2.75) is 42.1 Å². The second kappa shape index (κ2) is 6.46. The number of benzene rings is 1. The molecule has 0 radical (unpaired) electrons. The van der Waals surface area contributed by atoms with Crippen LogP contribution in [0, 0.1) is 11.3 Å². The Hall–Kier alpha value is -1.85. The summed E-state index contributed by atoms with van der Waals surface area (Å²) in [6.45, 7) is 4.47. The number of ether oxygens (including phenoxy) is 2. The standard InChI is InChI=1S/C18H17N3O2S2/c1-18(2)22-15(16(23-18)25-17-20-7-8-24-17)11-21-10-12(9-19)13-5-3-4-6-14(13)21/h3-8,10,15-16H,11H2,1-2H3/t15-,16-/m0/s1. The first-order chi connectivity index (χ1) is 12.1. The van der Waals surface area contributed by atoms with Crippen molar-refractivity contribution in [3.63, 3.8) is 0 Å². The number of fused-ring (bicyclic) bond motifs is 1. The topological polar surface area (TPSA) is 60.1 Å². The third kappa shape index (κ3) is 3.31. The molecule has 0 bridgehead atoms. The molecule has 0 unspecified atom stereocenters. The zero-order valence-corrected chi connectivity index (χ0v) is 15.5. The Morgan fingerprint density at radius 2 is 2.20 bits per heavy atom. The molecule has 7 heteroatoms. The van der Waals surface area contributed by atoms with Crippen molar-refractivity contribution >= 4 is 34.0 Å². The molecule has 4 rings (SSSR count). The minimum Gasteiger partial charge on any atom is -0.343 e. The molecule has 0 N–H and O–H groups in total. The van der Waals surface area contributed by atoms with Gasteiger partial charge in [0.05, 0.1) is 12.1 Å². The lowest BCUT2D eigenvalue weighted by atomic mass is 10.2. The van der Waals surface area contributed by atoms with E-state index in [0.29, 0.717) is 12.1 Å². The van der Waals surface area contributed by atoms with Crippen LogP contribution in [0.3, 0.4) is 0 Å². The molecule has 2 aromatic heterocycles. The number of hydrogen-bond donors (Lipinski definition) is 0. The van der Waals surface area contributed by atoms with Gasteiger partial charge in [-0.3, -0.25) is 0 Å². The van der Waals surface area contributed by atoms with Crippen LogP contribution in [0.1, 0.15) is 19.4 Å².